The average molecular weight is 916 g/mol. The number of hydrogen-bond donors (Lipinski definition) is 3. The maximum atomic E-state index is 13.2. The van der Waals surface area contributed by atoms with Gasteiger partial charge in [-0.05, 0) is 76.7 Å². The van der Waals surface area contributed by atoms with Crippen LogP contribution >= 0.6 is 0 Å². The van der Waals surface area contributed by atoms with Gasteiger partial charge in [0, 0.05) is 6.42 Å². The number of carbonyl (C=O) groups is 2. The normalized spacial score (nSPS) is 14.1. The lowest BCUT2D eigenvalue weighted by Gasteiger charge is -2.23. The zero-order valence-corrected chi connectivity index (χ0v) is 42.8. The van der Waals surface area contributed by atoms with E-state index in [0.717, 1.165) is 83.5 Å². The molecule has 3 N–H and O–H groups in total. The molecule has 0 saturated heterocycles. The molecular formula is C60H101NO5. The molecule has 66 heavy (non-hydrogen) atoms. The Morgan fingerprint density at radius 2 is 0.909 bits per heavy atom. The molecule has 0 aromatic heterocycles. The molecule has 0 heterocycles. The second-order valence-electron chi connectivity index (χ2n) is 17.9. The molecule has 3 unspecified atom stereocenters. The van der Waals surface area contributed by atoms with E-state index in [1.54, 1.807) is 6.08 Å². The first kappa shape index (κ1) is 62.5. The first-order valence-corrected chi connectivity index (χ1v) is 27.2. The van der Waals surface area contributed by atoms with E-state index in [0.29, 0.717) is 19.3 Å². The van der Waals surface area contributed by atoms with Gasteiger partial charge in [0.2, 0.25) is 5.91 Å². The van der Waals surface area contributed by atoms with Gasteiger partial charge in [0.15, 0.2) is 0 Å². The van der Waals surface area contributed by atoms with Crippen LogP contribution in [0.2, 0.25) is 0 Å². The van der Waals surface area contributed by atoms with E-state index in [4.69, 9.17) is 4.74 Å². The van der Waals surface area contributed by atoms with Crippen LogP contribution in [0.15, 0.2) is 109 Å². The van der Waals surface area contributed by atoms with Gasteiger partial charge < -0.3 is 20.3 Å². The molecule has 1 amide bonds. The van der Waals surface area contributed by atoms with Gasteiger partial charge >= 0.3 is 5.97 Å². The molecule has 0 aromatic rings. The second kappa shape index (κ2) is 52.5. The van der Waals surface area contributed by atoms with Crippen molar-refractivity contribution in [3.05, 3.63) is 109 Å². The highest BCUT2D eigenvalue weighted by Gasteiger charge is 2.23. The zero-order valence-electron chi connectivity index (χ0n) is 42.8. The van der Waals surface area contributed by atoms with Crippen LogP contribution in [0, 0.1) is 0 Å². The van der Waals surface area contributed by atoms with Gasteiger partial charge in [-0.1, -0.05) is 252 Å². The fourth-order valence-corrected chi connectivity index (χ4v) is 7.60. The van der Waals surface area contributed by atoms with Gasteiger partial charge in [0.25, 0.3) is 0 Å². The van der Waals surface area contributed by atoms with Crippen LogP contribution in [-0.4, -0.2) is 46.9 Å². The molecule has 6 heteroatoms. The van der Waals surface area contributed by atoms with Gasteiger partial charge in [-0.2, -0.15) is 0 Å². The van der Waals surface area contributed by atoms with Gasteiger partial charge in [0.1, 0.15) is 6.10 Å². The maximum Gasteiger partial charge on any atom is 0.306 e. The van der Waals surface area contributed by atoms with Gasteiger partial charge in [-0.25, -0.2) is 0 Å². The van der Waals surface area contributed by atoms with Crippen molar-refractivity contribution in [2.75, 3.05) is 6.61 Å². The van der Waals surface area contributed by atoms with Gasteiger partial charge in [-0.15, -0.1) is 0 Å². The Kier molecular flexibility index (Phi) is 49.7. The van der Waals surface area contributed by atoms with Gasteiger partial charge in [0.05, 0.1) is 25.2 Å². The SMILES string of the molecule is CC/C=C\C/C=C\C/C=C\C/C=C\C/C=C\C/C=C\C(CC(=O)NC(CO)C(O)CCCCCCCCCCCCCCCCC)OC(=O)CCCCCCCCC/C=C/C=C/C=C/CC. The number of allylic oxidation sites excluding steroid dienone is 17. The fraction of sp³-hybridized carbons (Fsp3) is 0.667. The summed E-state index contributed by atoms with van der Waals surface area (Å²) in [6, 6.07) is -0.752. The fourth-order valence-electron chi connectivity index (χ4n) is 7.60. The minimum absolute atomic E-state index is 0.0581. The molecular weight excluding hydrogens is 815 g/mol. The first-order chi connectivity index (χ1) is 32.5. The first-order valence-electron chi connectivity index (χ1n) is 27.2. The summed E-state index contributed by atoms with van der Waals surface area (Å²) in [6.45, 7) is 6.20. The largest absolute Gasteiger partial charge is 0.458 e. The summed E-state index contributed by atoms with van der Waals surface area (Å²) >= 11 is 0. The predicted octanol–water partition coefficient (Wildman–Crippen LogP) is 16.7. The smallest absolute Gasteiger partial charge is 0.306 e. The summed E-state index contributed by atoms with van der Waals surface area (Å²) < 4.78 is 5.83. The summed E-state index contributed by atoms with van der Waals surface area (Å²) in [4.78, 5) is 26.2. The number of rotatable bonds is 47. The van der Waals surface area contributed by atoms with Crippen LogP contribution in [0.3, 0.4) is 0 Å². The molecule has 0 rings (SSSR count). The number of ether oxygens (including phenoxy) is 1. The number of nitrogens with one attached hydrogen (secondary N) is 1. The molecule has 0 saturated carbocycles. The summed E-state index contributed by atoms with van der Waals surface area (Å²) in [5.74, 6) is -0.650. The number of unbranched alkanes of at least 4 members (excludes halogenated alkanes) is 21. The van der Waals surface area contributed by atoms with Crippen molar-refractivity contribution in [2.24, 2.45) is 0 Å². The Morgan fingerprint density at radius 1 is 0.485 bits per heavy atom. The number of amides is 1. The lowest BCUT2D eigenvalue weighted by atomic mass is 10.0. The quantitative estimate of drug-likeness (QED) is 0.0245. The average Bonchev–Trinajstić information content (AvgIpc) is 3.31. The van der Waals surface area contributed by atoms with Crippen molar-refractivity contribution in [3.8, 4) is 0 Å². The Hall–Kier alpha value is -3.48. The third kappa shape index (κ3) is 47.0. The minimum Gasteiger partial charge on any atom is -0.458 e. The molecule has 0 radical (unpaired) electrons. The van der Waals surface area contributed by atoms with Crippen LogP contribution in [0.4, 0.5) is 0 Å². The summed E-state index contributed by atoms with van der Waals surface area (Å²) in [6.07, 6.45) is 71.8. The summed E-state index contributed by atoms with van der Waals surface area (Å²) in [5, 5.41) is 23.8. The Labute approximate surface area is 407 Å². The third-order valence-corrected chi connectivity index (χ3v) is 11.7. The Balaban J connectivity index is 4.77. The molecule has 0 aliphatic carbocycles. The summed E-state index contributed by atoms with van der Waals surface area (Å²) in [7, 11) is 0. The number of aliphatic hydroxyl groups is 2. The third-order valence-electron chi connectivity index (χ3n) is 11.7. The molecule has 0 aromatic carbocycles. The Morgan fingerprint density at radius 3 is 1.39 bits per heavy atom. The van der Waals surface area contributed by atoms with E-state index in [1.807, 2.05) is 6.08 Å². The van der Waals surface area contributed by atoms with E-state index in [9.17, 15) is 19.8 Å². The molecule has 0 aliphatic rings. The second-order valence-corrected chi connectivity index (χ2v) is 17.9. The van der Waals surface area contributed by atoms with E-state index in [1.165, 1.54) is 103 Å². The number of hydrogen-bond acceptors (Lipinski definition) is 5. The molecule has 6 nitrogen and oxygen atoms in total. The lowest BCUT2D eigenvalue weighted by molar-refractivity contribution is -0.148. The highest BCUT2D eigenvalue weighted by atomic mass is 16.5. The van der Waals surface area contributed by atoms with Crippen molar-refractivity contribution in [2.45, 2.75) is 251 Å². The monoisotopic (exact) mass is 916 g/mol. The molecule has 376 valence electrons. The molecule has 0 fully saturated rings. The van der Waals surface area contributed by atoms with E-state index < -0.39 is 18.2 Å². The van der Waals surface area contributed by atoms with E-state index >= 15 is 0 Å². The highest BCUT2D eigenvalue weighted by molar-refractivity contribution is 5.78. The number of carbonyl (C=O) groups excluding carboxylic acids is 2. The maximum absolute atomic E-state index is 13.2. The number of aliphatic hydroxyl groups excluding tert-OH is 2. The van der Waals surface area contributed by atoms with E-state index in [-0.39, 0.29) is 24.9 Å². The zero-order chi connectivity index (χ0) is 48.1. The molecule has 3 atom stereocenters. The summed E-state index contributed by atoms with van der Waals surface area (Å²) in [5.41, 5.74) is 0. The standard InChI is InChI=1S/C60H101NO5/c1-4-7-10-13-16-19-22-25-28-29-32-33-36-39-42-45-48-51-56(66-60(65)53-50-47-44-41-38-35-31-27-24-21-18-15-12-9-6-3)54-59(64)61-57(55-62)58(63)52-49-46-43-40-37-34-30-26-23-20-17-14-11-8-5-2/h7,9-10,12,15-16,18-19,21,24-25,28,32-33,39,42,48,51,56-58,62-63H,4-6,8,11,13-14,17,20,22-23,26-27,29-31,34-38,40-41,43-47,49-50,52-55H2,1-3H3,(H,61,64)/b10-7-,12-9+,18-15+,19-16-,24-21+,28-25-,33-32-,42-39-,51-48-. The van der Waals surface area contributed by atoms with Crippen LogP contribution in [0.1, 0.15) is 233 Å². The number of esters is 1. The molecule has 0 aliphatic heterocycles. The van der Waals surface area contributed by atoms with Crippen molar-refractivity contribution >= 4 is 11.9 Å². The lowest BCUT2D eigenvalue weighted by Crippen LogP contribution is -2.46. The molecule has 0 bridgehead atoms. The topological polar surface area (TPSA) is 95.9 Å². The van der Waals surface area contributed by atoms with Crippen molar-refractivity contribution < 1.29 is 24.5 Å². The van der Waals surface area contributed by atoms with Crippen molar-refractivity contribution in [1.29, 1.82) is 0 Å². The predicted molar refractivity (Wildman–Crippen MR) is 287 cm³/mol. The van der Waals surface area contributed by atoms with Gasteiger partial charge in [-0.3, -0.25) is 9.59 Å². The van der Waals surface area contributed by atoms with E-state index in [2.05, 4.69) is 123 Å². The Bertz CT molecular complexity index is 1350. The van der Waals surface area contributed by atoms with Crippen LogP contribution in [0.25, 0.3) is 0 Å². The highest BCUT2D eigenvalue weighted by Crippen LogP contribution is 2.16. The van der Waals surface area contributed by atoms with Crippen LogP contribution in [-0.2, 0) is 14.3 Å². The van der Waals surface area contributed by atoms with Crippen molar-refractivity contribution in [1.82, 2.24) is 5.32 Å². The van der Waals surface area contributed by atoms with Crippen LogP contribution in [0.5, 0.6) is 0 Å². The minimum atomic E-state index is -0.829. The van der Waals surface area contributed by atoms with Crippen molar-refractivity contribution in [3.63, 3.8) is 0 Å². The molecule has 0 spiro atoms. The van der Waals surface area contributed by atoms with Crippen LogP contribution < -0.4 is 5.32 Å².